The first kappa shape index (κ1) is 21.5. The minimum atomic E-state index is -0.260. The highest BCUT2D eigenvalue weighted by Crippen LogP contribution is 2.15. The molecule has 0 aliphatic carbocycles. The molecule has 1 aromatic rings. The Morgan fingerprint density at radius 2 is 1.52 bits per heavy atom. The molecule has 0 bridgehead atoms. The molecule has 0 heterocycles. The fourth-order valence-corrected chi connectivity index (χ4v) is 2.92. The van der Waals surface area contributed by atoms with Crippen LogP contribution in [0.2, 0.25) is 0 Å². The van der Waals surface area contributed by atoms with E-state index in [0.29, 0.717) is 30.0 Å². The van der Waals surface area contributed by atoms with Gasteiger partial charge in [-0.25, -0.2) is 4.79 Å². The second kappa shape index (κ2) is 10.4. The van der Waals surface area contributed by atoms with Crippen LogP contribution >= 0.6 is 0 Å². The van der Waals surface area contributed by atoms with Crippen molar-refractivity contribution in [1.29, 1.82) is 0 Å². The maximum atomic E-state index is 12.3. The second-order valence-electron chi connectivity index (χ2n) is 8.02. The number of esters is 1. The quantitative estimate of drug-likeness (QED) is 0.638. The lowest BCUT2D eigenvalue weighted by Gasteiger charge is -2.24. The molecule has 4 nitrogen and oxygen atoms in total. The SMILES string of the molecule is CC(C)CC(CC(C)C)NC[C@@H](C)OC(=O)c1ccc(N(C)C)cc1. The van der Waals surface area contributed by atoms with E-state index in [2.05, 4.69) is 33.0 Å². The van der Waals surface area contributed by atoms with E-state index in [4.69, 9.17) is 4.74 Å². The molecule has 0 aromatic heterocycles. The van der Waals surface area contributed by atoms with Crippen molar-refractivity contribution in [2.45, 2.75) is 59.6 Å². The largest absolute Gasteiger partial charge is 0.458 e. The third kappa shape index (κ3) is 8.39. The molecule has 0 saturated carbocycles. The van der Waals surface area contributed by atoms with Gasteiger partial charge in [0.1, 0.15) is 6.10 Å². The molecule has 0 radical (unpaired) electrons. The van der Waals surface area contributed by atoms with E-state index >= 15 is 0 Å². The van der Waals surface area contributed by atoms with Crippen LogP contribution in [0.3, 0.4) is 0 Å². The van der Waals surface area contributed by atoms with Crippen molar-refractivity contribution in [3.63, 3.8) is 0 Å². The lowest BCUT2D eigenvalue weighted by atomic mass is 9.95. The number of hydrogen-bond acceptors (Lipinski definition) is 4. The van der Waals surface area contributed by atoms with Crippen molar-refractivity contribution in [2.24, 2.45) is 11.8 Å². The first-order valence-electron chi connectivity index (χ1n) is 9.40. The molecule has 1 N–H and O–H groups in total. The zero-order valence-electron chi connectivity index (χ0n) is 17.0. The fourth-order valence-electron chi connectivity index (χ4n) is 2.92. The van der Waals surface area contributed by atoms with Crippen molar-refractivity contribution in [3.8, 4) is 0 Å². The van der Waals surface area contributed by atoms with Gasteiger partial charge in [-0.2, -0.15) is 0 Å². The number of carbonyl (C=O) groups is 1. The highest BCUT2D eigenvalue weighted by Gasteiger charge is 2.16. The normalized spacial score (nSPS) is 12.7. The third-order valence-electron chi connectivity index (χ3n) is 4.13. The van der Waals surface area contributed by atoms with Crippen LogP contribution in [0.5, 0.6) is 0 Å². The predicted octanol–water partition coefficient (Wildman–Crippen LogP) is 4.35. The number of nitrogens with one attached hydrogen (secondary N) is 1. The summed E-state index contributed by atoms with van der Waals surface area (Å²) < 4.78 is 5.58. The fraction of sp³-hybridized carbons (Fsp3) is 0.667. The lowest BCUT2D eigenvalue weighted by molar-refractivity contribution is 0.0333. The summed E-state index contributed by atoms with van der Waals surface area (Å²) in [6.45, 7) is 11.6. The Morgan fingerprint density at radius 1 is 1.00 bits per heavy atom. The molecule has 0 aliphatic rings. The van der Waals surface area contributed by atoms with Gasteiger partial charge in [-0.3, -0.25) is 0 Å². The molecular weight excluding hydrogens is 312 g/mol. The van der Waals surface area contributed by atoms with Gasteiger partial charge < -0.3 is 15.0 Å². The molecule has 0 spiro atoms. The predicted molar refractivity (Wildman–Crippen MR) is 106 cm³/mol. The number of carbonyl (C=O) groups excluding carboxylic acids is 1. The van der Waals surface area contributed by atoms with Crippen LogP contribution in [0.4, 0.5) is 5.69 Å². The smallest absolute Gasteiger partial charge is 0.338 e. The Bertz CT molecular complexity index is 499. The molecule has 1 atom stereocenters. The van der Waals surface area contributed by atoms with Crippen molar-refractivity contribution in [1.82, 2.24) is 5.32 Å². The zero-order chi connectivity index (χ0) is 19.0. The van der Waals surface area contributed by atoms with Gasteiger partial charge in [0.2, 0.25) is 0 Å². The summed E-state index contributed by atoms with van der Waals surface area (Å²) in [6.07, 6.45) is 2.14. The molecule has 1 rings (SSSR count). The maximum absolute atomic E-state index is 12.3. The van der Waals surface area contributed by atoms with E-state index in [-0.39, 0.29) is 12.1 Å². The second-order valence-corrected chi connectivity index (χ2v) is 8.02. The van der Waals surface area contributed by atoms with Crippen LogP contribution in [0.25, 0.3) is 0 Å². The summed E-state index contributed by atoms with van der Waals surface area (Å²) in [5.74, 6) is 1.05. The minimum absolute atomic E-state index is 0.150. The first-order valence-corrected chi connectivity index (χ1v) is 9.40. The van der Waals surface area contributed by atoms with E-state index in [1.165, 1.54) is 0 Å². The summed E-state index contributed by atoms with van der Waals surface area (Å²) in [7, 11) is 3.96. The molecule has 0 saturated heterocycles. The van der Waals surface area contributed by atoms with Crippen LogP contribution in [-0.4, -0.2) is 38.8 Å². The monoisotopic (exact) mass is 348 g/mol. The van der Waals surface area contributed by atoms with Crippen molar-refractivity contribution in [2.75, 3.05) is 25.5 Å². The molecule has 0 amide bonds. The van der Waals surface area contributed by atoms with Gasteiger partial charge in [0.25, 0.3) is 0 Å². The van der Waals surface area contributed by atoms with E-state index in [9.17, 15) is 4.79 Å². The highest BCUT2D eigenvalue weighted by molar-refractivity contribution is 5.89. The standard InChI is InChI=1S/C21H36N2O2/c1-15(2)12-19(13-16(3)4)22-14-17(5)25-21(24)18-8-10-20(11-9-18)23(6)7/h8-11,15-17,19,22H,12-14H2,1-7H3/t17-/m1/s1. The molecule has 4 heteroatoms. The number of nitrogens with zero attached hydrogens (tertiary/aromatic N) is 1. The Labute approximate surface area is 153 Å². The number of rotatable bonds is 10. The van der Waals surface area contributed by atoms with E-state index in [0.717, 1.165) is 18.5 Å². The van der Waals surface area contributed by atoms with Crippen LogP contribution in [0.15, 0.2) is 24.3 Å². The van der Waals surface area contributed by atoms with E-state index in [1.807, 2.05) is 50.2 Å². The summed E-state index contributed by atoms with van der Waals surface area (Å²) >= 11 is 0. The summed E-state index contributed by atoms with van der Waals surface area (Å²) in [4.78, 5) is 14.3. The van der Waals surface area contributed by atoms with Gasteiger partial charge in [-0.1, -0.05) is 27.7 Å². The van der Waals surface area contributed by atoms with Gasteiger partial charge in [0, 0.05) is 32.4 Å². The average Bonchev–Trinajstić information content (AvgIpc) is 2.51. The topological polar surface area (TPSA) is 41.6 Å². The Hall–Kier alpha value is -1.55. The van der Waals surface area contributed by atoms with Crippen LogP contribution < -0.4 is 10.2 Å². The summed E-state index contributed by atoms with van der Waals surface area (Å²) in [5, 5.41) is 3.58. The van der Waals surface area contributed by atoms with E-state index in [1.54, 1.807) is 0 Å². The minimum Gasteiger partial charge on any atom is -0.458 e. The Kier molecular flexibility index (Phi) is 8.98. The van der Waals surface area contributed by atoms with E-state index < -0.39 is 0 Å². The van der Waals surface area contributed by atoms with Gasteiger partial charge in [-0.15, -0.1) is 0 Å². The number of ether oxygens (including phenoxy) is 1. The van der Waals surface area contributed by atoms with Crippen molar-refractivity contribution >= 4 is 11.7 Å². The molecule has 25 heavy (non-hydrogen) atoms. The van der Waals surface area contributed by atoms with Crippen LogP contribution in [-0.2, 0) is 4.74 Å². The Balaban J connectivity index is 2.50. The average molecular weight is 349 g/mol. The highest BCUT2D eigenvalue weighted by atomic mass is 16.5. The maximum Gasteiger partial charge on any atom is 0.338 e. The first-order chi connectivity index (χ1) is 11.7. The van der Waals surface area contributed by atoms with Crippen molar-refractivity contribution < 1.29 is 9.53 Å². The molecule has 0 aliphatic heterocycles. The van der Waals surface area contributed by atoms with Gasteiger partial charge in [0.15, 0.2) is 0 Å². The number of hydrogen-bond donors (Lipinski definition) is 1. The summed E-state index contributed by atoms with van der Waals surface area (Å²) in [6, 6.07) is 7.97. The van der Waals surface area contributed by atoms with Crippen LogP contribution in [0.1, 0.15) is 57.8 Å². The number of benzene rings is 1. The molecule has 0 fully saturated rings. The number of anilines is 1. The molecule has 142 valence electrons. The lowest BCUT2D eigenvalue weighted by Crippen LogP contribution is -2.38. The van der Waals surface area contributed by atoms with Gasteiger partial charge in [0.05, 0.1) is 5.56 Å². The van der Waals surface area contributed by atoms with Crippen LogP contribution in [0, 0.1) is 11.8 Å². The van der Waals surface area contributed by atoms with Crippen molar-refractivity contribution in [3.05, 3.63) is 29.8 Å². The molecular formula is C21H36N2O2. The van der Waals surface area contributed by atoms with Gasteiger partial charge >= 0.3 is 5.97 Å². The van der Waals surface area contributed by atoms with Gasteiger partial charge in [-0.05, 0) is 55.9 Å². The summed E-state index contributed by atoms with van der Waals surface area (Å²) in [5.41, 5.74) is 1.66. The zero-order valence-corrected chi connectivity index (χ0v) is 17.0. The molecule has 0 unspecified atom stereocenters. The Morgan fingerprint density at radius 3 is 1.96 bits per heavy atom. The third-order valence-corrected chi connectivity index (χ3v) is 4.13. The molecule has 1 aromatic carbocycles.